The lowest BCUT2D eigenvalue weighted by Crippen LogP contribution is -2.42. The molecule has 0 amide bonds. The van der Waals surface area contributed by atoms with Crippen LogP contribution in [0.25, 0.3) is 0 Å². The molecule has 0 fully saturated rings. The predicted octanol–water partition coefficient (Wildman–Crippen LogP) is 1.88. The van der Waals surface area contributed by atoms with E-state index in [0.717, 1.165) is 19.5 Å². The molecule has 0 aromatic carbocycles. The van der Waals surface area contributed by atoms with Gasteiger partial charge in [0, 0.05) is 6.54 Å². The molecule has 0 aromatic heterocycles. The van der Waals surface area contributed by atoms with Gasteiger partial charge in [-0.05, 0) is 26.8 Å². The Bertz CT molecular complexity index is 85.7. The van der Waals surface area contributed by atoms with Gasteiger partial charge in [0.2, 0.25) is 0 Å². The third-order valence-electron chi connectivity index (χ3n) is 1.64. The lowest BCUT2D eigenvalue weighted by molar-refractivity contribution is -0.125. The Morgan fingerprint density at radius 2 is 1.80 bits per heavy atom. The van der Waals surface area contributed by atoms with Crippen molar-refractivity contribution in [3.05, 3.63) is 0 Å². The molecule has 61 valence electrons. The molecule has 0 spiro atoms. The minimum absolute atomic E-state index is 0.852. The molecule has 0 aliphatic heterocycles. The Morgan fingerprint density at radius 3 is 1.90 bits per heavy atom. The van der Waals surface area contributed by atoms with E-state index in [-0.39, 0.29) is 0 Å². The lowest BCUT2D eigenvalue weighted by Gasteiger charge is -2.30. The highest BCUT2D eigenvalue weighted by atomic mass is 16.3. The predicted molar refractivity (Wildman–Crippen MR) is 42.3 cm³/mol. The van der Waals surface area contributed by atoms with Crippen LogP contribution in [-0.2, 0) is 5.11 Å². The highest BCUT2D eigenvalue weighted by molar-refractivity contribution is 4.66. The fourth-order valence-corrected chi connectivity index (χ4v) is 1.08. The summed E-state index contributed by atoms with van der Waals surface area (Å²) in [5.74, 6) is 0. The van der Waals surface area contributed by atoms with Crippen molar-refractivity contribution < 1.29 is 5.11 Å². The molecule has 0 aromatic rings. The van der Waals surface area contributed by atoms with Crippen molar-refractivity contribution in [1.82, 2.24) is 4.90 Å². The molecule has 2 heteroatoms. The molecule has 0 bridgehead atoms. The van der Waals surface area contributed by atoms with Crippen molar-refractivity contribution in [2.45, 2.75) is 39.8 Å². The standard InChI is InChI=1S/C8H18NO/c1-5-7-9(6-2)8(3,4)10/h5-7H2,1-4H3. The molecule has 0 N–H and O–H groups in total. The van der Waals surface area contributed by atoms with Crippen LogP contribution >= 0.6 is 0 Å². The lowest BCUT2D eigenvalue weighted by atomic mass is 10.2. The van der Waals surface area contributed by atoms with Gasteiger partial charge < -0.3 is 0 Å². The molecule has 0 saturated heterocycles. The minimum atomic E-state index is -0.898. The maximum atomic E-state index is 11.4. The summed E-state index contributed by atoms with van der Waals surface area (Å²) in [6.45, 7) is 9.30. The Hall–Kier alpha value is -0.0800. The van der Waals surface area contributed by atoms with Gasteiger partial charge in [-0.2, -0.15) is 0 Å². The van der Waals surface area contributed by atoms with Crippen LogP contribution in [0.15, 0.2) is 0 Å². The van der Waals surface area contributed by atoms with Crippen LogP contribution in [0.4, 0.5) is 0 Å². The first-order chi connectivity index (χ1) is 4.52. The average molecular weight is 144 g/mol. The number of rotatable bonds is 4. The number of nitrogens with zero attached hydrogens (tertiary/aromatic N) is 1. The van der Waals surface area contributed by atoms with Crippen molar-refractivity contribution >= 4 is 0 Å². The molecule has 0 atom stereocenters. The molecular formula is C8H18NO. The van der Waals surface area contributed by atoms with Gasteiger partial charge in [-0.25, -0.2) is 5.11 Å². The summed E-state index contributed by atoms with van der Waals surface area (Å²) in [6, 6.07) is 0. The van der Waals surface area contributed by atoms with Crippen LogP contribution in [0, 0.1) is 0 Å². The Labute approximate surface area is 63.8 Å². The molecule has 0 unspecified atom stereocenters. The minimum Gasteiger partial charge on any atom is -0.274 e. The van der Waals surface area contributed by atoms with Crippen LogP contribution in [0.5, 0.6) is 0 Å². The summed E-state index contributed by atoms with van der Waals surface area (Å²) >= 11 is 0. The molecule has 0 heterocycles. The summed E-state index contributed by atoms with van der Waals surface area (Å²) in [4.78, 5) is 1.94. The third kappa shape index (κ3) is 3.18. The van der Waals surface area contributed by atoms with Crippen LogP contribution < -0.4 is 0 Å². The van der Waals surface area contributed by atoms with E-state index >= 15 is 0 Å². The second kappa shape index (κ2) is 3.94. The SMILES string of the molecule is CCCN(CC)C(C)(C)[O]. The van der Waals surface area contributed by atoms with Gasteiger partial charge in [-0.15, -0.1) is 0 Å². The van der Waals surface area contributed by atoms with Crippen molar-refractivity contribution in [3.8, 4) is 0 Å². The van der Waals surface area contributed by atoms with Crippen molar-refractivity contribution in [1.29, 1.82) is 0 Å². The van der Waals surface area contributed by atoms with E-state index in [9.17, 15) is 5.11 Å². The molecule has 0 aliphatic carbocycles. The Balaban J connectivity index is 3.81. The summed E-state index contributed by atoms with van der Waals surface area (Å²) in [7, 11) is 0. The smallest absolute Gasteiger partial charge is 0.151 e. The first-order valence-electron chi connectivity index (χ1n) is 3.97. The van der Waals surface area contributed by atoms with Gasteiger partial charge in [0.1, 0.15) is 0 Å². The van der Waals surface area contributed by atoms with E-state index in [1.807, 2.05) is 11.8 Å². The highest BCUT2D eigenvalue weighted by Crippen LogP contribution is 2.10. The quantitative estimate of drug-likeness (QED) is 0.552. The monoisotopic (exact) mass is 144 g/mol. The maximum absolute atomic E-state index is 11.4. The molecule has 0 aliphatic rings. The fourth-order valence-electron chi connectivity index (χ4n) is 1.08. The molecule has 10 heavy (non-hydrogen) atoms. The van der Waals surface area contributed by atoms with E-state index < -0.39 is 5.72 Å². The average Bonchev–Trinajstić information content (AvgIpc) is 1.80. The van der Waals surface area contributed by atoms with Gasteiger partial charge in [-0.3, -0.25) is 4.90 Å². The summed E-state index contributed by atoms with van der Waals surface area (Å²) in [5.41, 5.74) is -0.898. The first-order valence-corrected chi connectivity index (χ1v) is 3.97. The Kier molecular flexibility index (Phi) is 3.91. The van der Waals surface area contributed by atoms with Gasteiger partial charge in [0.05, 0.1) is 0 Å². The van der Waals surface area contributed by atoms with Crippen molar-refractivity contribution in [2.24, 2.45) is 0 Å². The summed E-state index contributed by atoms with van der Waals surface area (Å²) in [6.07, 6.45) is 1.06. The van der Waals surface area contributed by atoms with Gasteiger partial charge in [0.15, 0.2) is 5.72 Å². The van der Waals surface area contributed by atoms with Crippen molar-refractivity contribution in [2.75, 3.05) is 13.1 Å². The zero-order valence-electron chi connectivity index (χ0n) is 7.48. The second-order valence-electron chi connectivity index (χ2n) is 3.03. The third-order valence-corrected chi connectivity index (χ3v) is 1.64. The highest BCUT2D eigenvalue weighted by Gasteiger charge is 2.22. The van der Waals surface area contributed by atoms with Crippen LogP contribution in [0.2, 0.25) is 0 Å². The van der Waals surface area contributed by atoms with Gasteiger partial charge >= 0.3 is 0 Å². The maximum Gasteiger partial charge on any atom is 0.151 e. The summed E-state index contributed by atoms with van der Waals surface area (Å²) < 4.78 is 0. The van der Waals surface area contributed by atoms with E-state index in [0.29, 0.717) is 0 Å². The summed E-state index contributed by atoms with van der Waals surface area (Å²) in [5, 5.41) is 11.4. The molecule has 0 rings (SSSR count). The van der Waals surface area contributed by atoms with E-state index in [1.165, 1.54) is 0 Å². The van der Waals surface area contributed by atoms with E-state index in [1.54, 1.807) is 13.8 Å². The van der Waals surface area contributed by atoms with Crippen LogP contribution in [-0.4, -0.2) is 23.7 Å². The van der Waals surface area contributed by atoms with E-state index in [2.05, 4.69) is 6.92 Å². The molecule has 0 saturated carbocycles. The zero-order chi connectivity index (χ0) is 8.20. The van der Waals surface area contributed by atoms with Crippen LogP contribution in [0.1, 0.15) is 34.1 Å². The Morgan fingerprint density at radius 1 is 1.30 bits per heavy atom. The second-order valence-corrected chi connectivity index (χ2v) is 3.03. The van der Waals surface area contributed by atoms with Crippen LogP contribution in [0.3, 0.4) is 0 Å². The fraction of sp³-hybridized carbons (Fsp3) is 1.00. The molecular weight excluding hydrogens is 126 g/mol. The molecule has 1 radical (unpaired) electrons. The largest absolute Gasteiger partial charge is 0.274 e. The van der Waals surface area contributed by atoms with E-state index in [4.69, 9.17) is 0 Å². The zero-order valence-corrected chi connectivity index (χ0v) is 7.48. The van der Waals surface area contributed by atoms with Crippen molar-refractivity contribution in [3.63, 3.8) is 0 Å². The topological polar surface area (TPSA) is 23.1 Å². The first kappa shape index (κ1) is 9.92. The van der Waals surface area contributed by atoms with Gasteiger partial charge in [0.25, 0.3) is 0 Å². The number of hydrogen-bond donors (Lipinski definition) is 0. The van der Waals surface area contributed by atoms with Gasteiger partial charge in [-0.1, -0.05) is 13.8 Å². The number of hydrogen-bond acceptors (Lipinski definition) is 1. The molecule has 2 nitrogen and oxygen atoms in total. The normalized spacial score (nSPS) is 12.6.